The van der Waals surface area contributed by atoms with E-state index in [2.05, 4.69) is 0 Å². The smallest absolute Gasteiger partial charge is 0.497 e. The van der Waals surface area contributed by atoms with E-state index in [0.29, 0.717) is 16.9 Å². The fourth-order valence-electron chi connectivity index (χ4n) is 2.23. The van der Waals surface area contributed by atoms with Crippen molar-refractivity contribution in [1.82, 2.24) is 0 Å². The number of methoxy groups -OCH3 is 1. The lowest BCUT2D eigenvalue weighted by Gasteiger charge is -2.32. The summed E-state index contributed by atoms with van der Waals surface area (Å²) in [5.41, 5.74) is 5.15. The van der Waals surface area contributed by atoms with Crippen LogP contribution < -0.4 is 10.5 Å². The van der Waals surface area contributed by atoms with Gasteiger partial charge < -0.3 is 19.8 Å². The van der Waals surface area contributed by atoms with Crippen LogP contribution in [0.5, 0.6) is 5.75 Å². The van der Waals surface area contributed by atoms with Crippen LogP contribution >= 0.6 is 0 Å². The van der Waals surface area contributed by atoms with Gasteiger partial charge in [0.15, 0.2) is 0 Å². The van der Waals surface area contributed by atoms with E-state index in [-0.39, 0.29) is 6.54 Å². The number of nitrogens with two attached hydrogens (primary N) is 1. The average Bonchev–Trinajstić information content (AvgIpc) is 2.69. The van der Waals surface area contributed by atoms with Crippen molar-refractivity contribution < 1.29 is 18.4 Å². The molecular formula is C16H23BFNO3. The monoisotopic (exact) mass is 307 g/mol. The van der Waals surface area contributed by atoms with Gasteiger partial charge in [-0.05, 0) is 45.4 Å². The minimum atomic E-state index is -1.04. The zero-order valence-corrected chi connectivity index (χ0v) is 13.8. The van der Waals surface area contributed by atoms with Crippen molar-refractivity contribution in [3.8, 4) is 5.75 Å². The van der Waals surface area contributed by atoms with Gasteiger partial charge in [0, 0.05) is 12.1 Å². The highest BCUT2D eigenvalue weighted by molar-refractivity contribution is 6.55. The maximum Gasteiger partial charge on any atom is 0.525 e. The van der Waals surface area contributed by atoms with E-state index in [1.807, 2.05) is 27.7 Å². The van der Waals surface area contributed by atoms with Crippen molar-refractivity contribution in [2.45, 2.75) is 38.9 Å². The van der Waals surface area contributed by atoms with Crippen LogP contribution in [0.1, 0.15) is 33.3 Å². The van der Waals surface area contributed by atoms with E-state index < -0.39 is 24.0 Å². The largest absolute Gasteiger partial charge is 0.525 e. The Morgan fingerprint density at radius 3 is 2.05 bits per heavy atom. The fraction of sp³-hybridized carbons (Fsp3) is 0.500. The van der Waals surface area contributed by atoms with E-state index in [1.165, 1.54) is 0 Å². The van der Waals surface area contributed by atoms with Crippen LogP contribution in [0.4, 0.5) is 4.39 Å². The molecular weight excluding hydrogens is 284 g/mol. The highest BCUT2D eigenvalue weighted by atomic mass is 19.1. The van der Waals surface area contributed by atoms with Crippen LogP contribution in [0, 0.1) is 0 Å². The Morgan fingerprint density at radius 2 is 1.64 bits per heavy atom. The summed E-state index contributed by atoms with van der Waals surface area (Å²) in [5.74, 6) is 0.705. The first-order valence-electron chi connectivity index (χ1n) is 7.30. The highest BCUT2D eigenvalue weighted by Gasteiger charge is 2.53. The molecule has 1 aromatic carbocycles. The number of halogens is 1. The van der Waals surface area contributed by atoms with Crippen molar-refractivity contribution in [3.63, 3.8) is 0 Å². The second kappa shape index (κ2) is 6.03. The van der Waals surface area contributed by atoms with Gasteiger partial charge >= 0.3 is 7.12 Å². The molecule has 0 amide bonds. The molecule has 2 rings (SSSR count). The van der Waals surface area contributed by atoms with Crippen LogP contribution in [0.3, 0.4) is 0 Å². The molecule has 0 unspecified atom stereocenters. The van der Waals surface area contributed by atoms with Gasteiger partial charge in [0.2, 0.25) is 0 Å². The topological polar surface area (TPSA) is 53.7 Å². The summed E-state index contributed by atoms with van der Waals surface area (Å²) in [5, 5.41) is 0. The molecule has 1 aromatic rings. The summed E-state index contributed by atoms with van der Waals surface area (Å²) in [4.78, 5) is 0. The van der Waals surface area contributed by atoms with Gasteiger partial charge in [-0.15, -0.1) is 0 Å². The Hall–Kier alpha value is -1.37. The first-order valence-corrected chi connectivity index (χ1v) is 7.30. The Balaban J connectivity index is 2.33. The molecule has 0 aliphatic carbocycles. The summed E-state index contributed by atoms with van der Waals surface area (Å²) in [6.45, 7) is 7.60. The lowest BCUT2D eigenvalue weighted by atomic mass is 9.82. The second-order valence-electron chi connectivity index (χ2n) is 6.35. The van der Waals surface area contributed by atoms with E-state index in [1.54, 1.807) is 31.4 Å². The third-order valence-corrected chi connectivity index (χ3v) is 4.39. The minimum absolute atomic E-state index is 0.0578. The first-order chi connectivity index (χ1) is 10.2. The maximum absolute atomic E-state index is 14.8. The Bertz CT molecular complexity index is 553. The zero-order valence-electron chi connectivity index (χ0n) is 13.8. The predicted octanol–water partition coefficient (Wildman–Crippen LogP) is 2.97. The molecule has 1 heterocycles. The standard InChI is InChI=1S/C16H23BFNO3/c1-15(2)16(3,4)22-17(21-15)14(18)13(10-19)11-6-8-12(20-5)9-7-11/h6-9H,10,19H2,1-5H3. The van der Waals surface area contributed by atoms with Gasteiger partial charge in [0.05, 0.1) is 18.3 Å². The molecule has 0 bridgehead atoms. The summed E-state index contributed by atoms with van der Waals surface area (Å²) >= 11 is 0. The molecule has 1 aliphatic heterocycles. The number of hydrogen-bond donors (Lipinski definition) is 1. The Labute approximate surface area is 131 Å². The van der Waals surface area contributed by atoms with Crippen molar-refractivity contribution in [1.29, 1.82) is 0 Å². The van der Waals surface area contributed by atoms with Crippen LogP contribution in [0.25, 0.3) is 5.57 Å². The molecule has 0 spiro atoms. The van der Waals surface area contributed by atoms with E-state index in [4.69, 9.17) is 19.8 Å². The third kappa shape index (κ3) is 3.04. The molecule has 0 saturated carbocycles. The van der Waals surface area contributed by atoms with Crippen molar-refractivity contribution in [2.75, 3.05) is 13.7 Å². The molecule has 6 heteroatoms. The van der Waals surface area contributed by atoms with Crippen molar-refractivity contribution in [3.05, 3.63) is 35.6 Å². The summed E-state index contributed by atoms with van der Waals surface area (Å²) in [6, 6.07) is 7.07. The van der Waals surface area contributed by atoms with Gasteiger partial charge in [-0.2, -0.15) is 0 Å². The predicted molar refractivity (Wildman–Crippen MR) is 86.2 cm³/mol. The molecule has 0 radical (unpaired) electrons. The number of rotatable bonds is 4. The molecule has 4 nitrogen and oxygen atoms in total. The fourth-order valence-corrected chi connectivity index (χ4v) is 2.23. The van der Waals surface area contributed by atoms with Gasteiger partial charge in [-0.1, -0.05) is 12.1 Å². The zero-order chi connectivity index (χ0) is 16.5. The molecule has 0 atom stereocenters. The number of ether oxygens (including phenoxy) is 1. The average molecular weight is 307 g/mol. The molecule has 1 aliphatic rings. The SMILES string of the molecule is COc1ccc(C(CN)=C(F)B2OC(C)(C)C(C)(C)O2)cc1. The summed E-state index contributed by atoms with van der Waals surface area (Å²) in [6.07, 6.45) is 0. The van der Waals surface area contributed by atoms with Gasteiger partial charge in [-0.25, -0.2) is 4.39 Å². The van der Waals surface area contributed by atoms with E-state index >= 15 is 0 Å². The molecule has 2 N–H and O–H groups in total. The van der Waals surface area contributed by atoms with Crippen molar-refractivity contribution >= 4 is 12.7 Å². The number of benzene rings is 1. The number of hydrogen-bond acceptors (Lipinski definition) is 4. The Morgan fingerprint density at radius 1 is 1.14 bits per heavy atom. The summed E-state index contributed by atoms with van der Waals surface area (Å²) < 4.78 is 31.4. The molecule has 0 aromatic heterocycles. The highest BCUT2D eigenvalue weighted by Crippen LogP contribution is 2.40. The molecule has 1 fully saturated rings. The van der Waals surface area contributed by atoms with E-state index in [9.17, 15) is 4.39 Å². The molecule has 1 saturated heterocycles. The normalized spacial score (nSPS) is 20.8. The van der Waals surface area contributed by atoms with E-state index in [0.717, 1.165) is 0 Å². The van der Waals surface area contributed by atoms with Gasteiger partial charge in [-0.3, -0.25) is 0 Å². The quantitative estimate of drug-likeness (QED) is 0.869. The maximum atomic E-state index is 14.8. The molecule has 120 valence electrons. The third-order valence-electron chi connectivity index (χ3n) is 4.39. The van der Waals surface area contributed by atoms with Crippen LogP contribution in [-0.4, -0.2) is 32.0 Å². The second-order valence-corrected chi connectivity index (χ2v) is 6.35. The lowest BCUT2D eigenvalue weighted by molar-refractivity contribution is 0.00578. The lowest BCUT2D eigenvalue weighted by Crippen LogP contribution is -2.41. The summed E-state index contributed by atoms with van der Waals surface area (Å²) in [7, 11) is 0.547. The van der Waals surface area contributed by atoms with Crippen LogP contribution in [0.2, 0.25) is 0 Å². The van der Waals surface area contributed by atoms with Gasteiger partial charge in [0.1, 0.15) is 11.5 Å². The van der Waals surface area contributed by atoms with Crippen molar-refractivity contribution in [2.24, 2.45) is 5.73 Å². The minimum Gasteiger partial charge on any atom is -0.497 e. The van der Waals surface area contributed by atoms with Crippen LogP contribution in [0.15, 0.2) is 30.0 Å². The van der Waals surface area contributed by atoms with Gasteiger partial charge in [0.25, 0.3) is 0 Å². The Kier molecular flexibility index (Phi) is 4.66. The first kappa shape index (κ1) is 17.0. The van der Waals surface area contributed by atoms with Crippen LogP contribution in [-0.2, 0) is 9.31 Å². The molecule has 22 heavy (non-hydrogen) atoms.